The van der Waals surface area contributed by atoms with Crippen molar-refractivity contribution in [1.29, 1.82) is 0 Å². The first-order valence-corrected chi connectivity index (χ1v) is 7.81. The average Bonchev–Trinajstić information content (AvgIpc) is 2.61. The Morgan fingerprint density at radius 3 is 2.17 bits per heavy atom. The number of carbonyl (C=O) groups is 2. The first-order valence-electron chi connectivity index (χ1n) is 7.81. The zero-order chi connectivity index (χ0) is 17.5. The van der Waals surface area contributed by atoms with Gasteiger partial charge in [-0.05, 0) is 43.5 Å². The smallest absolute Gasteiger partial charge is 0.318 e. The van der Waals surface area contributed by atoms with E-state index in [1.807, 2.05) is 43.3 Å². The molecular weight excluding hydrogens is 302 g/mol. The summed E-state index contributed by atoms with van der Waals surface area (Å²) in [7, 11) is 0. The maximum Gasteiger partial charge on any atom is 0.329 e. The molecule has 2 aromatic rings. The van der Waals surface area contributed by atoms with Crippen LogP contribution in [0.3, 0.4) is 0 Å². The Morgan fingerprint density at radius 1 is 0.958 bits per heavy atom. The molecule has 0 radical (unpaired) electrons. The summed E-state index contributed by atoms with van der Waals surface area (Å²) in [4.78, 5) is 23.7. The van der Waals surface area contributed by atoms with E-state index < -0.39 is 11.8 Å². The predicted molar refractivity (Wildman–Crippen MR) is 96.0 cm³/mol. The first kappa shape index (κ1) is 17.4. The highest BCUT2D eigenvalue weighted by Gasteiger charge is 2.13. The third-order valence-electron chi connectivity index (χ3n) is 3.62. The minimum atomic E-state index is -0.805. The molecule has 0 fully saturated rings. The van der Waals surface area contributed by atoms with E-state index in [2.05, 4.69) is 22.8 Å². The summed E-state index contributed by atoms with van der Waals surface area (Å²) in [5.74, 6) is -1.56. The fraction of sp³-hybridized carbons (Fsp3) is 0.211. The Labute approximate surface area is 141 Å². The molecule has 0 aliphatic carbocycles. The maximum atomic E-state index is 11.8. The van der Waals surface area contributed by atoms with Crippen molar-refractivity contribution < 1.29 is 9.59 Å². The minimum absolute atomic E-state index is 0.566. The zero-order valence-electron chi connectivity index (χ0n) is 14.1. The van der Waals surface area contributed by atoms with Crippen molar-refractivity contribution in [3.05, 3.63) is 65.2 Å². The Balaban J connectivity index is 1.94. The highest BCUT2D eigenvalue weighted by Crippen LogP contribution is 2.08. The SMILES string of the molecule is CCc1ccc(/C(C)=N\NC(=O)C(=O)Nc2ccc(C)cc2)cc1. The molecule has 0 aliphatic rings. The third kappa shape index (κ3) is 4.78. The fourth-order valence-corrected chi connectivity index (χ4v) is 2.06. The average molecular weight is 323 g/mol. The number of nitrogens with zero attached hydrogens (tertiary/aromatic N) is 1. The van der Waals surface area contributed by atoms with Gasteiger partial charge in [0.25, 0.3) is 0 Å². The molecule has 24 heavy (non-hydrogen) atoms. The van der Waals surface area contributed by atoms with E-state index in [9.17, 15) is 9.59 Å². The van der Waals surface area contributed by atoms with E-state index in [0.717, 1.165) is 17.5 Å². The molecule has 0 atom stereocenters. The van der Waals surface area contributed by atoms with Gasteiger partial charge in [-0.15, -0.1) is 0 Å². The number of hydrazone groups is 1. The molecule has 0 bridgehead atoms. The summed E-state index contributed by atoms with van der Waals surface area (Å²) < 4.78 is 0. The van der Waals surface area contributed by atoms with E-state index >= 15 is 0 Å². The highest BCUT2D eigenvalue weighted by molar-refractivity contribution is 6.39. The van der Waals surface area contributed by atoms with Gasteiger partial charge in [-0.3, -0.25) is 9.59 Å². The largest absolute Gasteiger partial charge is 0.329 e. The van der Waals surface area contributed by atoms with Gasteiger partial charge in [0.05, 0.1) is 5.71 Å². The summed E-state index contributed by atoms with van der Waals surface area (Å²) in [6, 6.07) is 15.1. The van der Waals surface area contributed by atoms with Gasteiger partial charge in [-0.25, -0.2) is 5.43 Å². The number of benzene rings is 2. The van der Waals surface area contributed by atoms with Gasteiger partial charge in [-0.1, -0.05) is 48.9 Å². The minimum Gasteiger partial charge on any atom is -0.318 e. The van der Waals surface area contributed by atoms with Crippen molar-refractivity contribution in [3.8, 4) is 0 Å². The van der Waals surface area contributed by atoms with Crippen LogP contribution < -0.4 is 10.7 Å². The summed E-state index contributed by atoms with van der Waals surface area (Å²) >= 11 is 0. The third-order valence-corrected chi connectivity index (χ3v) is 3.62. The van der Waals surface area contributed by atoms with Gasteiger partial charge in [0.1, 0.15) is 0 Å². The van der Waals surface area contributed by atoms with Gasteiger partial charge in [0.2, 0.25) is 0 Å². The summed E-state index contributed by atoms with van der Waals surface area (Å²) in [6.45, 7) is 5.81. The number of rotatable bonds is 4. The van der Waals surface area contributed by atoms with Gasteiger partial charge in [-0.2, -0.15) is 5.10 Å². The molecule has 124 valence electrons. The Hall–Kier alpha value is -2.95. The number of hydrogen-bond donors (Lipinski definition) is 2. The van der Waals surface area contributed by atoms with Crippen LogP contribution in [0.5, 0.6) is 0 Å². The molecule has 2 amide bonds. The molecule has 0 heterocycles. The summed E-state index contributed by atoms with van der Waals surface area (Å²) in [6.07, 6.45) is 0.965. The number of carbonyl (C=O) groups excluding carboxylic acids is 2. The van der Waals surface area contributed by atoms with Gasteiger partial charge >= 0.3 is 11.8 Å². The second-order valence-corrected chi connectivity index (χ2v) is 5.51. The van der Waals surface area contributed by atoms with Crippen LogP contribution >= 0.6 is 0 Å². The first-order chi connectivity index (χ1) is 11.5. The van der Waals surface area contributed by atoms with E-state index in [4.69, 9.17) is 0 Å². The molecule has 2 N–H and O–H groups in total. The lowest BCUT2D eigenvalue weighted by molar-refractivity contribution is -0.136. The number of amides is 2. The second-order valence-electron chi connectivity index (χ2n) is 5.51. The van der Waals surface area contributed by atoms with Crippen molar-refractivity contribution in [2.45, 2.75) is 27.2 Å². The maximum absolute atomic E-state index is 11.8. The van der Waals surface area contributed by atoms with Crippen LogP contribution in [-0.4, -0.2) is 17.5 Å². The Morgan fingerprint density at radius 2 is 1.58 bits per heavy atom. The van der Waals surface area contributed by atoms with Gasteiger partial charge < -0.3 is 5.32 Å². The molecule has 0 saturated carbocycles. The van der Waals surface area contributed by atoms with Crippen molar-refractivity contribution in [1.82, 2.24) is 5.43 Å². The number of hydrogen-bond acceptors (Lipinski definition) is 3. The Kier molecular flexibility index (Phi) is 5.84. The van der Waals surface area contributed by atoms with Crippen LogP contribution in [0.1, 0.15) is 30.5 Å². The number of anilines is 1. The molecule has 0 unspecified atom stereocenters. The molecular formula is C19H21N3O2. The standard InChI is InChI=1S/C19H21N3O2/c1-4-15-7-9-16(10-8-15)14(3)21-22-19(24)18(23)20-17-11-5-13(2)6-12-17/h5-12H,4H2,1-3H3,(H,20,23)(H,22,24)/b21-14-. The van der Waals surface area contributed by atoms with E-state index in [1.165, 1.54) is 5.56 Å². The molecule has 5 nitrogen and oxygen atoms in total. The molecule has 5 heteroatoms. The lowest BCUT2D eigenvalue weighted by atomic mass is 10.1. The zero-order valence-corrected chi connectivity index (χ0v) is 14.1. The molecule has 0 saturated heterocycles. The van der Waals surface area contributed by atoms with E-state index in [0.29, 0.717) is 11.4 Å². The molecule has 0 spiro atoms. The molecule has 0 aliphatic heterocycles. The van der Waals surface area contributed by atoms with E-state index in [-0.39, 0.29) is 0 Å². The summed E-state index contributed by atoms with van der Waals surface area (Å²) in [5.41, 5.74) is 6.68. The Bertz CT molecular complexity index is 747. The van der Waals surface area contributed by atoms with Crippen molar-refractivity contribution in [2.24, 2.45) is 5.10 Å². The van der Waals surface area contributed by atoms with Crippen LogP contribution in [0.25, 0.3) is 0 Å². The van der Waals surface area contributed by atoms with Crippen LogP contribution in [0.4, 0.5) is 5.69 Å². The van der Waals surface area contributed by atoms with Crippen LogP contribution in [0, 0.1) is 6.92 Å². The van der Waals surface area contributed by atoms with Crippen molar-refractivity contribution in [3.63, 3.8) is 0 Å². The topological polar surface area (TPSA) is 70.6 Å². The molecule has 0 aromatic heterocycles. The quantitative estimate of drug-likeness (QED) is 0.516. The molecule has 2 aromatic carbocycles. The highest BCUT2D eigenvalue weighted by atomic mass is 16.2. The fourth-order valence-electron chi connectivity index (χ4n) is 2.06. The van der Waals surface area contributed by atoms with Crippen molar-refractivity contribution in [2.75, 3.05) is 5.32 Å². The normalized spacial score (nSPS) is 11.0. The predicted octanol–water partition coefficient (Wildman–Crippen LogP) is 3.04. The monoisotopic (exact) mass is 323 g/mol. The van der Waals surface area contributed by atoms with Crippen LogP contribution in [-0.2, 0) is 16.0 Å². The van der Waals surface area contributed by atoms with Gasteiger partial charge in [0.15, 0.2) is 0 Å². The van der Waals surface area contributed by atoms with Gasteiger partial charge in [0, 0.05) is 5.69 Å². The lowest BCUT2D eigenvalue weighted by Gasteiger charge is -2.05. The second kappa shape index (κ2) is 8.06. The lowest BCUT2D eigenvalue weighted by Crippen LogP contribution is -2.32. The van der Waals surface area contributed by atoms with Crippen LogP contribution in [0.2, 0.25) is 0 Å². The summed E-state index contributed by atoms with van der Waals surface area (Å²) in [5, 5.41) is 6.51. The molecule has 2 rings (SSSR count). The van der Waals surface area contributed by atoms with Crippen molar-refractivity contribution >= 4 is 23.2 Å². The number of nitrogens with one attached hydrogen (secondary N) is 2. The van der Waals surface area contributed by atoms with Crippen LogP contribution in [0.15, 0.2) is 53.6 Å². The number of aryl methyl sites for hydroxylation is 2. The van der Waals surface area contributed by atoms with E-state index in [1.54, 1.807) is 19.1 Å².